The quantitative estimate of drug-likeness (QED) is 0.672. The maximum atomic E-state index is 13.7. The van der Waals surface area contributed by atoms with Crippen molar-refractivity contribution in [3.8, 4) is 17.9 Å². The van der Waals surface area contributed by atoms with E-state index in [-0.39, 0.29) is 24.2 Å². The molecular formula is C25H18FN3O2. The average Bonchev–Trinajstić information content (AvgIpc) is 2.80. The van der Waals surface area contributed by atoms with E-state index in [2.05, 4.69) is 22.9 Å². The normalized spacial score (nSPS) is 19.5. The van der Waals surface area contributed by atoms with E-state index >= 15 is 0 Å². The zero-order valence-corrected chi connectivity index (χ0v) is 16.4. The highest BCUT2D eigenvalue weighted by Gasteiger charge is 2.51. The van der Waals surface area contributed by atoms with Gasteiger partial charge in [0.25, 0.3) is 5.91 Å². The molecule has 0 saturated carbocycles. The third-order valence-corrected chi connectivity index (χ3v) is 5.38. The molecule has 0 aliphatic carbocycles. The van der Waals surface area contributed by atoms with Gasteiger partial charge >= 0.3 is 0 Å². The third kappa shape index (κ3) is 3.90. The minimum Gasteiger partial charge on any atom is -0.394 e. The number of hydrogen-bond donors (Lipinski definition) is 1. The van der Waals surface area contributed by atoms with Crippen LogP contribution in [0.1, 0.15) is 33.0 Å². The summed E-state index contributed by atoms with van der Waals surface area (Å²) in [5.74, 6) is 4.72. The number of likely N-dealkylation sites (tertiary alicyclic amines) is 1. The van der Waals surface area contributed by atoms with Gasteiger partial charge in [0.2, 0.25) is 0 Å². The summed E-state index contributed by atoms with van der Waals surface area (Å²) in [4.78, 5) is 18.2. The lowest BCUT2D eigenvalue weighted by Crippen LogP contribution is -2.65. The summed E-state index contributed by atoms with van der Waals surface area (Å²) < 4.78 is 13.7. The van der Waals surface area contributed by atoms with Crippen LogP contribution < -0.4 is 0 Å². The molecule has 6 heteroatoms. The number of pyridine rings is 1. The first-order valence-corrected chi connectivity index (χ1v) is 9.73. The molecule has 152 valence electrons. The van der Waals surface area contributed by atoms with Gasteiger partial charge in [0.1, 0.15) is 11.9 Å². The van der Waals surface area contributed by atoms with Crippen LogP contribution in [0, 0.1) is 29.0 Å². The zero-order valence-electron chi connectivity index (χ0n) is 16.4. The number of carbonyl (C=O) groups excluding carboxylic acids is 1. The number of carbonyl (C=O) groups is 1. The van der Waals surface area contributed by atoms with Crippen LogP contribution in [0.25, 0.3) is 0 Å². The van der Waals surface area contributed by atoms with Gasteiger partial charge in [-0.25, -0.2) is 4.39 Å². The fourth-order valence-electron chi connectivity index (χ4n) is 3.82. The second-order valence-electron chi connectivity index (χ2n) is 7.16. The van der Waals surface area contributed by atoms with Crippen molar-refractivity contribution in [2.45, 2.75) is 18.0 Å². The van der Waals surface area contributed by atoms with Crippen molar-refractivity contribution < 1.29 is 14.3 Å². The maximum Gasteiger partial charge on any atom is 0.256 e. The fourth-order valence-corrected chi connectivity index (χ4v) is 3.82. The molecule has 3 atom stereocenters. The first-order chi connectivity index (χ1) is 15.1. The Labute approximate surface area is 179 Å². The molecule has 5 nitrogen and oxygen atoms in total. The van der Waals surface area contributed by atoms with E-state index in [9.17, 15) is 19.6 Å². The summed E-state index contributed by atoms with van der Waals surface area (Å²) in [6.45, 7) is -0.260. The Morgan fingerprint density at radius 2 is 1.87 bits per heavy atom. The van der Waals surface area contributed by atoms with Crippen molar-refractivity contribution in [3.63, 3.8) is 0 Å². The van der Waals surface area contributed by atoms with E-state index in [1.54, 1.807) is 48.7 Å². The SMILES string of the molecule is N#C[C@H]1[C@@H](c2ccc(C#Cc3ccccc3F)cc2)[C@H](CO)N1C(=O)c1cccnc1. The summed E-state index contributed by atoms with van der Waals surface area (Å²) in [6, 6.07) is 17.8. The van der Waals surface area contributed by atoms with Gasteiger partial charge in [-0.2, -0.15) is 5.26 Å². The molecule has 0 unspecified atom stereocenters. The molecule has 1 aromatic heterocycles. The van der Waals surface area contributed by atoms with Crippen LogP contribution in [0.5, 0.6) is 0 Å². The van der Waals surface area contributed by atoms with Crippen molar-refractivity contribution in [1.29, 1.82) is 5.26 Å². The highest BCUT2D eigenvalue weighted by Crippen LogP contribution is 2.41. The number of benzene rings is 2. The highest BCUT2D eigenvalue weighted by molar-refractivity contribution is 5.95. The minimum atomic E-state index is -0.694. The van der Waals surface area contributed by atoms with Crippen LogP contribution in [-0.4, -0.2) is 39.6 Å². The Morgan fingerprint density at radius 1 is 1.10 bits per heavy atom. The number of aromatic nitrogens is 1. The summed E-state index contributed by atoms with van der Waals surface area (Å²) in [6.07, 6.45) is 3.01. The summed E-state index contributed by atoms with van der Waals surface area (Å²) >= 11 is 0. The first-order valence-electron chi connectivity index (χ1n) is 9.73. The van der Waals surface area contributed by atoms with Gasteiger partial charge in [-0.15, -0.1) is 0 Å². The van der Waals surface area contributed by atoms with Crippen molar-refractivity contribution in [2.24, 2.45) is 0 Å². The number of aliphatic hydroxyl groups excluding tert-OH is 1. The van der Waals surface area contributed by atoms with Crippen LogP contribution in [0.3, 0.4) is 0 Å². The predicted octanol–water partition coefficient (Wildman–Crippen LogP) is 3.11. The minimum absolute atomic E-state index is 0.260. The molecule has 4 rings (SSSR count). The summed E-state index contributed by atoms with van der Waals surface area (Å²) in [5.41, 5.74) is 2.22. The van der Waals surface area contributed by atoms with Gasteiger partial charge in [-0.1, -0.05) is 36.1 Å². The lowest BCUT2D eigenvalue weighted by Gasteiger charge is -2.51. The van der Waals surface area contributed by atoms with E-state index < -0.39 is 12.1 Å². The Morgan fingerprint density at radius 3 is 2.52 bits per heavy atom. The molecule has 1 aliphatic rings. The van der Waals surface area contributed by atoms with Gasteiger partial charge in [-0.3, -0.25) is 9.78 Å². The number of amides is 1. The number of hydrogen-bond acceptors (Lipinski definition) is 4. The zero-order chi connectivity index (χ0) is 21.8. The van der Waals surface area contributed by atoms with E-state index in [1.165, 1.54) is 17.2 Å². The van der Waals surface area contributed by atoms with Crippen molar-refractivity contribution in [3.05, 3.63) is 101 Å². The van der Waals surface area contributed by atoms with Crippen LogP contribution in [0.15, 0.2) is 73.1 Å². The lowest BCUT2D eigenvalue weighted by atomic mass is 9.75. The number of rotatable bonds is 3. The second kappa shape index (κ2) is 8.79. The third-order valence-electron chi connectivity index (χ3n) is 5.38. The van der Waals surface area contributed by atoms with Gasteiger partial charge < -0.3 is 10.0 Å². The van der Waals surface area contributed by atoms with Crippen LogP contribution in [-0.2, 0) is 0 Å². The second-order valence-corrected chi connectivity index (χ2v) is 7.16. The molecule has 0 bridgehead atoms. The van der Waals surface area contributed by atoms with Gasteiger partial charge in [0.05, 0.1) is 29.8 Å². The van der Waals surface area contributed by atoms with E-state index in [0.29, 0.717) is 16.7 Å². The van der Waals surface area contributed by atoms with Crippen LogP contribution in [0.2, 0.25) is 0 Å². The Bertz CT molecular complexity index is 1190. The Hall–Kier alpha value is -4.00. The fraction of sp³-hybridized carbons (Fsp3) is 0.160. The molecule has 2 aromatic carbocycles. The highest BCUT2D eigenvalue weighted by atomic mass is 19.1. The Kier molecular flexibility index (Phi) is 5.75. The standard InChI is InChI=1S/C25H18FN3O2/c26-21-6-2-1-4-18(21)10-7-17-8-11-19(12-9-17)24-22(14-27)29(23(24)16-30)25(31)20-5-3-13-28-15-20/h1-6,8-9,11-13,15,22-24,30H,16H2/t22-,23-,24+/m0/s1. The largest absolute Gasteiger partial charge is 0.394 e. The van der Waals surface area contributed by atoms with Gasteiger partial charge in [-0.05, 0) is 42.0 Å². The molecule has 31 heavy (non-hydrogen) atoms. The maximum absolute atomic E-state index is 13.7. The smallest absolute Gasteiger partial charge is 0.256 e. The van der Waals surface area contributed by atoms with E-state index in [0.717, 1.165) is 5.56 Å². The number of nitriles is 1. The van der Waals surface area contributed by atoms with Crippen LogP contribution in [0.4, 0.5) is 4.39 Å². The molecule has 1 saturated heterocycles. The molecule has 0 spiro atoms. The van der Waals surface area contributed by atoms with Gasteiger partial charge in [0.15, 0.2) is 0 Å². The van der Waals surface area contributed by atoms with E-state index in [1.807, 2.05) is 12.1 Å². The number of halogens is 1. The molecule has 0 radical (unpaired) electrons. The molecule has 1 aliphatic heterocycles. The average molecular weight is 411 g/mol. The topological polar surface area (TPSA) is 77.2 Å². The number of nitrogens with zero attached hydrogens (tertiary/aromatic N) is 3. The summed E-state index contributed by atoms with van der Waals surface area (Å²) in [7, 11) is 0. The summed E-state index contributed by atoms with van der Waals surface area (Å²) in [5, 5.41) is 19.6. The van der Waals surface area contributed by atoms with Crippen LogP contribution >= 0.6 is 0 Å². The lowest BCUT2D eigenvalue weighted by molar-refractivity contribution is -0.00588. The van der Waals surface area contributed by atoms with Crippen molar-refractivity contribution >= 4 is 5.91 Å². The van der Waals surface area contributed by atoms with E-state index in [4.69, 9.17) is 0 Å². The first kappa shape index (κ1) is 20.3. The molecular weight excluding hydrogens is 393 g/mol. The molecule has 3 aromatic rings. The monoisotopic (exact) mass is 411 g/mol. The molecule has 2 heterocycles. The van der Waals surface area contributed by atoms with Crippen molar-refractivity contribution in [2.75, 3.05) is 6.61 Å². The predicted molar refractivity (Wildman–Crippen MR) is 112 cm³/mol. The number of aliphatic hydroxyl groups is 1. The van der Waals surface area contributed by atoms with Crippen molar-refractivity contribution in [1.82, 2.24) is 9.88 Å². The Balaban J connectivity index is 1.55. The van der Waals surface area contributed by atoms with Gasteiger partial charge in [0, 0.05) is 23.9 Å². The molecule has 1 amide bonds. The molecule has 1 fully saturated rings. The molecule has 1 N–H and O–H groups in total.